The van der Waals surface area contributed by atoms with Crippen molar-refractivity contribution in [3.63, 3.8) is 0 Å². The number of nitrogens with zero attached hydrogens (tertiary/aromatic N) is 1. The summed E-state index contributed by atoms with van der Waals surface area (Å²) in [5, 5.41) is 2.90. The molecule has 5 heteroatoms. The third-order valence-corrected chi connectivity index (χ3v) is 5.01. The molecule has 0 aliphatic heterocycles. The lowest BCUT2D eigenvalue weighted by molar-refractivity contribution is -0.140. The van der Waals surface area contributed by atoms with Gasteiger partial charge in [0.15, 0.2) is 0 Å². The topological polar surface area (TPSA) is 49.4 Å². The Bertz CT molecular complexity index is 788. The number of hydrogen-bond donors (Lipinski definition) is 1. The fourth-order valence-corrected chi connectivity index (χ4v) is 3.05. The molecule has 0 radical (unpaired) electrons. The molecule has 4 nitrogen and oxygen atoms in total. The number of unbranched alkanes of at least 4 members (excludes halogenated alkanes) is 1. The van der Waals surface area contributed by atoms with Crippen molar-refractivity contribution < 1.29 is 14.0 Å². The number of nitrogens with one attached hydrogen (secondary N) is 1. The molecular formula is C24H31FN2O2. The van der Waals surface area contributed by atoms with Gasteiger partial charge in [0.2, 0.25) is 11.8 Å². The molecule has 0 spiro atoms. The summed E-state index contributed by atoms with van der Waals surface area (Å²) in [5.41, 5.74) is 3.06. The standard InChI is InChI=1S/C24H31FN2O2/c1-4-5-16-26-24(29)19(3)27(17-21-10-13-22(25)14-11-21)23(28)15-12-20-8-6-18(2)7-9-20/h6-11,13-14,19H,4-5,12,15-17H2,1-3H3,(H,26,29)/t19-/m0/s1. The molecule has 0 aromatic heterocycles. The van der Waals surface area contributed by atoms with E-state index < -0.39 is 6.04 Å². The number of halogens is 1. The second kappa shape index (κ2) is 11.3. The normalized spacial score (nSPS) is 11.7. The van der Waals surface area contributed by atoms with Gasteiger partial charge >= 0.3 is 0 Å². The van der Waals surface area contributed by atoms with Crippen LogP contribution in [0.25, 0.3) is 0 Å². The largest absolute Gasteiger partial charge is 0.354 e. The summed E-state index contributed by atoms with van der Waals surface area (Å²) in [4.78, 5) is 27.1. The van der Waals surface area contributed by atoms with Crippen molar-refractivity contribution in [3.8, 4) is 0 Å². The number of carbonyl (C=O) groups excluding carboxylic acids is 2. The summed E-state index contributed by atoms with van der Waals surface area (Å²) < 4.78 is 13.2. The first-order chi connectivity index (χ1) is 13.9. The molecule has 1 atom stereocenters. The number of benzene rings is 2. The second-order valence-electron chi connectivity index (χ2n) is 7.45. The molecule has 0 unspecified atom stereocenters. The number of carbonyl (C=O) groups is 2. The van der Waals surface area contributed by atoms with Crippen LogP contribution in [0.1, 0.15) is 49.8 Å². The number of hydrogen-bond acceptors (Lipinski definition) is 2. The van der Waals surface area contributed by atoms with E-state index >= 15 is 0 Å². The van der Waals surface area contributed by atoms with Gasteiger partial charge in [-0.25, -0.2) is 4.39 Å². The van der Waals surface area contributed by atoms with Crippen LogP contribution in [0.5, 0.6) is 0 Å². The van der Waals surface area contributed by atoms with Crippen molar-refractivity contribution in [2.45, 2.75) is 59.0 Å². The van der Waals surface area contributed by atoms with E-state index in [4.69, 9.17) is 0 Å². The molecule has 0 aliphatic carbocycles. The van der Waals surface area contributed by atoms with Crippen LogP contribution in [-0.4, -0.2) is 29.3 Å². The first kappa shape index (κ1) is 22.6. The maximum absolute atomic E-state index is 13.2. The molecule has 0 bridgehead atoms. The van der Waals surface area contributed by atoms with E-state index in [0.717, 1.165) is 24.0 Å². The smallest absolute Gasteiger partial charge is 0.242 e. The molecule has 2 aromatic rings. The molecule has 0 aliphatic rings. The van der Waals surface area contributed by atoms with Crippen molar-refractivity contribution in [2.75, 3.05) is 6.54 Å². The predicted molar refractivity (Wildman–Crippen MR) is 114 cm³/mol. The Morgan fingerprint density at radius 1 is 1.03 bits per heavy atom. The molecule has 156 valence electrons. The first-order valence-corrected chi connectivity index (χ1v) is 10.3. The average molecular weight is 399 g/mol. The van der Waals surface area contributed by atoms with Crippen LogP contribution in [0.4, 0.5) is 4.39 Å². The molecule has 29 heavy (non-hydrogen) atoms. The third kappa shape index (κ3) is 7.33. The monoisotopic (exact) mass is 398 g/mol. The highest BCUT2D eigenvalue weighted by molar-refractivity contribution is 5.87. The molecule has 0 saturated carbocycles. The van der Waals surface area contributed by atoms with Gasteiger partial charge in [0.1, 0.15) is 11.9 Å². The molecule has 0 saturated heterocycles. The van der Waals surface area contributed by atoms with Crippen molar-refractivity contribution in [2.24, 2.45) is 0 Å². The van der Waals surface area contributed by atoms with Gasteiger partial charge in [-0.1, -0.05) is 55.3 Å². The summed E-state index contributed by atoms with van der Waals surface area (Å²) >= 11 is 0. The molecule has 1 N–H and O–H groups in total. The third-order valence-electron chi connectivity index (χ3n) is 5.01. The quantitative estimate of drug-likeness (QED) is 0.603. The van der Waals surface area contributed by atoms with Crippen LogP contribution in [-0.2, 0) is 22.6 Å². The van der Waals surface area contributed by atoms with Crippen molar-refractivity contribution in [1.82, 2.24) is 10.2 Å². The highest BCUT2D eigenvalue weighted by atomic mass is 19.1. The molecule has 2 amide bonds. The minimum Gasteiger partial charge on any atom is -0.354 e. The Kier molecular flexibility index (Phi) is 8.84. The zero-order valence-electron chi connectivity index (χ0n) is 17.6. The zero-order valence-corrected chi connectivity index (χ0v) is 17.6. The van der Waals surface area contributed by atoms with E-state index in [1.807, 2.05) is 31.2 Å². The van der Waals surface area contributed by atoms with Gasteiger partial charge in [-0.2, -0.15) is 0 Å². The number of rotatable bonds is 10. The van der Waals surface area contributed by atoms with Crippen LogP contribution in [0.15, 0.2) is 48.5 Å². The Hall–Kier alpha value is -2.69. The number of aryl methyl sites for hydroxylation is 2. The van der Waals surface area contributed by atoms with Crippen molar-refractivity contribution >= 4 is 11.8 Å². The molecule has 0 fully saturated rings. The van der Waals surface area contributed by atoms with Gasteiger partial charge in [0, 0.05) is 19.5 Å². The van der Waals surface area contributed by atoms with Crippen LogP contribution in [0.3, 0.4) is 0 Å². The molecule has 2 aromatic carbocycles. The molecule has 0 heterocycles. The van der Waals surface area contributed by atoms with Crippen LogP contribution >= 0.6 is 0 Å². The van der Waals surface area contributed by atoms with E-state index in [-0.39, 0.29) is 24.2 Å². The Morgan fingerprint density at radius 2 is 1.66 bits per heavy atom. The maximum atomic E-state index is 13.2. The minimum absolute atomic E-state index is 0.0898. The van der Waals surface area contributed by atoms with Gasteiger partial charge in [-0.15, -0.1) is 0 Å². The lowest BCUT2D eigenvalue weighted by Crippen LogP contribution is -2.47. The zero-order chi connectivity index (χ0) is 21.2. The SMILES string of the molecule is CCCCNC(=O)[C@H](C)N(Cc1ccc(F)cc1)C(=O)CCc1ccc(C)cc1. The number of amides is 2. The molecule has 2 rings (SSSR count). The van der Waals surface area contributed by atoms with Crippen molar-refractivity contribution in [1.29, 1.82) is 0 Å². The summed E-state index contributed by atoms with van der Waals surface area (Å²) in [6, 6.07) is 13.5. The van der Waals surface area contributed by atoms with E-state index in [9.17, 15) is 14.0 Å². The summed E-state index contributed by atoms with van der Waals surface area (Å²) in [6.07, 6.45) is 2.82. The lowest BCUT2D eigenvalue weighted by Gasteiger charge is -2.29. The summed E-state index contributed by atoms with van der Waals surface area (Å²) in [6.45, 7) is 6.70. The first-order valence-electron chi connectivity index (χ1n) is 10.3. The highest BCUT2D eigenvalue weighted by Crippen LogP contribution is 2.14. The van der Waals surface area contributed by atoms with Gasteiger partial charge < -0.3 is 10.2 Å². The fraction of sp³-hybridized carbons (Fsp3) is 0.417. The second-order valence-corrected chi connectivity index (χ2v) is 7.45. The summed E-state index contributed by atoms with van der Waals surface area (Å²) in [5.74, 6) is -0.575. The van der Waals surface area contributed by atoms with Gasteiger partial charge in [-0.05, 0) is 49.9 Å². The van der Waals surface area contributed by atoms with Gasteiger partial charge in [0.25, 0.3) is 0 Å². The van der Waals surface area contributed by atoms with E-state index in [1.54, 1.807) is 24.0 Å². The Labute approximate surface area is 173 Å². The van der Waals surface area contributed by atoms with Gasteiger partial charge in [-0.3, -0.25) is 9.59 Å². The van der Waals surface area contributed by atoms with Crippen LogP contribution in [0.2, 0.25) is 0 Å². The van der Waals surface area contributed by atoms with Crippen LogP contribution < -0.4 is 5.32 Å². The fourth-order valence-electron chi connectivity index (χ4n) is 3.05. The average Bonchev–Trinajstić information content (AvgIpc) is 2.72. The van der Waals surface area contributed by atoms with E-state index in [0.29, 0.717) is 19.4 Å². The summed E-state index contributed by atoms with van der Waals surface area (Å²) in [7, 11) is 0. The predicted octanol–water partition coefficient (Wildman–Crippen LogP) is 4.40. The highest BCUT2D eigenvalue weighted by Gasteiger charge is 2.25. The van der Waals surface area contributed by atoms with Crippen LogP contribution in [0, 0.1) is 12.7 Å². The van der Waals surface area contributed by atoms with Gasteiger partial charge in [0.05, 0.1) is 0 Å². The Balaban J connectivity index is 2.08. The lowest BCUT2D eigenvalue weighted by atomic mass is 10.1. The molecular weight excluding hydrogens is 367 g/mol. The van der Waals surface area contributed by atoms with E-state index in [2.05, 4.69) is 12.2 Å². The minimum atomic E-state index is -0.595. The van der Waals surface area contributed by atoms with Crippen molar-refractivity contribution in [3.05, 3.63) is 71.0 Å². The Morgan fingerprint density at radius 3 is 2.28 bits per heavy atom. The van der Waals surface area contributed by atoms with E-state index in [1.165, 1.54) is 17.7 Å². The maximum Gasteiger partial charge on any atom is 0.242 e.